The lowest BCUT2D eigenvalue weighted by atomic mass is 9.37. The summed E-state index contributed by atoms with van der Waals surface area (Å²) in [6.07, 6.45) is 18.9. The van der Waals surface area contributed by atoms with Crippen molar-refractivity contribution in [3.05, 3.63) is 35.4 Å². The Labute approximate surface area is 191 Å². The molecule has 8 aliphatic rings. The van der Waals surface area contributed by atoms with E-state index in [2.05, 4.69) is 45.0 Å². The highest BCUT2D eigenvalue weighted by Gasteiger charge is 2.63. The number of benzene rings is 1. The molecule has 9 rings (SSSR count). The molecule has 1 aromatic rings. The zero-order valence-electron chi connectivity index (χ0n) is 20.3. The van der Waals surface area contributed by atoms with Crippen molar-refractivity contribution in [3.8, 4) is 0 Å². The van der Waals surface area contributed by atoms with Gasteiger partial charge in [0.25, 0.3) is 0 Å². The predicted octanol–water partition coefficient (Wildman–Crippen LogP) is 8.50. The van der Waals surface area contributed by atoms with Crippen molar-refractivity contribution in [1.82, 2.24) is 0 Å². The van der Waals surface area contributed by atoms with E-state index in [0.29, 0.717) is 10.8 Å². The zero-order chi connectivity index (χ0) is 21.0. The van der Waals surface area contributed by atoms with E-state index in [4.69, 9.17) is 0 Å². The summed E-state index contributed by atoms with van der Waals surface area (Å²) in [7, 11) is 0. The molecule has 1 aromatic carbocycles. The van der Waals surface area contributed by atoms with Crippen LogP contribution in [0.1, 0.15) is 115 Å². The summed E-state index contributed by atoms with van der Waals surface area (Å²) in [5.41, 5.74) is 4.82. The fraction of sp³-hybridized carbons (Fsp3) is 0.806. The molecule has 0 saturated heterocycles. The largest absolute Gasteiger partial charge is 0.0584 e. The molecule has 0 amide bonds. The van der Waals surface area contributed by atoms with Gasteiger partial charge < -0.3 is 0 Å². The van der Waals surface area contributed by atoms with Crippen molar-refractivity contribution in [2.24, 2.45) is 46.3 Å². The summed E-state index contributed by atoms with van der Waals surface area (Å²) in [4.78, 5) is 0. The van der Waals surface area contributed by atoms with Gasteiger partial charge in [-0.1, -0.05) is 45.0 Å². The minimum Gasteiger partial charge on any atom is -0.0584 e. The highest BCUT2D eigenvalue weighted by Crippen LogP contribution is 2.73. The Morgan fingerprint density at radius 3 is 1.19 bits per heavy atom. The molecule has 0 radical (unpaired) electrons. The van der Waals surface area contributed by atoms with Gasteiger partial charge >= 0.3 is 0 Å². The van der Waals surface area contributed by atoms with Crippen LogP contribution in [0.5, 0.6) is 0 Å². The number of rotatable bonds is 3. The highest BCUT2D eigenvalue weighted by molar-refractivity contribution is 5.34. The van der Waals surface area contributed by atoms with E-state index in [1.54, 1.807) is 82.6 Å². The van der Waals surface area contributed by atoms with Crippen LogP contribution in [-0.4, -0.2) is 0 Å². The molecule has 0 heteroatoms. The van der Waals surface area contributed by atoms with E-state index in [1.165, 1.54) is 5.56 Å². The molecular formula is C31H44. The Bertz CT molecular complexity index is 734. The van der Waals surface area contributed by atoms with E-state index >= 15 is 0 Å². The average molecular weight is 417 g/mol. The molecule has 0 nitrogen and oxygen atoms in total. The average Bonchev–Trinajstić information content (AvgIpc) is 2.65. The highest BCUT2D eigenvalue weighted by atomic mass is 14.7. The SMILES string of the molecule is CC(C)(C)c1ccc(C(C23CC4CC(CC(C4)C2)C3)C23CC4CC(CC(C4)C2)C3)cc1. The molecule has 0 atom stereocenters. The van der Waals surface area contributed by atoms with Crippen LogP contribution in [0.4, 0.5) is 0 Å². The van der Waals surface area contributed by atoms with Crippen LogP contribution in [0.15, 0.2) is 24.3 Å². The van der Waals surface area contributed by atoms with Crippen LogP contribution in [0.3, 0.4) is 0 Å². The smallest absolute Gasteiger partial charge is 0.00481 e. The normalized spacial score (nSPS) is 48.4. The van der Waals surface area contributed by atoms with Crippen LogP contribution < -0.4 is 0 Å². The Hall–Kier alpha value is -0.780. The van der Waals surface area contributed by atoms with Gasteiger partial charge in [-0.3, -0.25) is 0 Å². The molecule has 8 aliphatic carbocycles. The van der Waals surface area contributed by atoms with E-state index in [9.17, 15) is 0 Å². The molecule has 8 fully saturated rings. The second-order valence-corrected chi connectivity index (χ2v) is 14.9. The minimum absolute atomic E-state index is 0.259. The first-order valence-electron chi connectivity index (χ1n) is 13.9. The van der Waals surface area contributed by atoms with Gasteiger partial charge in [-0.05, 0) is 146 Å². The summed E-state index contributed by atoms with van der Waals surface area (Å²) in [6.45, 7) is 7.12. The van der Waals surface area contributed by atoms with Crippen molar-refractivity contribution in [3.63, 3.8) is 0 Å². The molecule has 0 aromatic heterocycles. The van der Waals surface area contributed by atoms with Gasteiger partial charge in [-0.25, -0.2) is 0 Å². The maximum atomic E-state index is 2.63. The molecule has 0 unspecified atom stereocenters. The second kappa shape index (κ2) is 6.42. The van der Waals surface area contributed by atoms with Crippen molar-refractivity contribution in [2.45, 2.75) is 109 Å². The van der Waals surface area contributed by atoms with E-state index < -0.39 is 0 Å². The maximum absolute atomic E-state index is 2.63. The van der Waals surface area contributed by atoms with Gasteiger partial charge in [0.2, 0.25) is 0 Å². The van der Waals surface area contributed by atoms with Gasteiger partial charge in [0.1, 0.15) is 0 Å². The Morgan fingerprint density at radius 1 is 0.581 bits per heavy atom. The first kappa shape index (κ1) is 19.7. The molecule has 8 bridgehead atoms. The molecule has 168 valence electrons. The quantitative estimate of drug-likeness (QED) is 0.463. The van der Waals surface area contributed by atoms with Gasteiger partial charge in [0, 0.05) is 0 Å². The Morgan fingerprint density at radius 2 is 0.903 bits per heavy atom. The summed E-state index contributed by atoms with van der Waals surface area (Å²) in [6, 6.07) is 10.3. The summed E-state index contributed by atoms with van der Waals surface area (Å²) >= 11 is 0. The van der Waals surface area contributed by atoms with E-state index in [0.717, 1.165) is 41.4 Å². The Balaban J connectivity index is 1.34. The zero-order valence-corrected chi connectivity index (χ0v) is 20.3. The lowest BCUT2D eigenvalue weighted by molar-refractivity contribution is -0.144. The first-order valence-corrected chi connectivity index (χ1v) is 13.9. The number of hydrogen-bond donors (Lipinski definition) is 0. The van der Waals surface area contributed by atoms with Crippen LogP contribution in [0, 0.1) is 46.3 Å². The molecular weight excluding hydrogens is 372 g/mol. The summed E-state index contributed by atoms with van der Waals surface area (Å²) in [5, 5.41) is 0. The summed E-state index contributed by atoms with van der Waals surface area (Å²) in [5.74, 6) is 7.25. The molecule has 8 saturated carbocycles. The predicted molar refractivity (Wildman–Crippen MR) is 129 cm³/mol. The van der Waals surface area contributed by atoms with Crippen molar-refractivity contribution in [1.29, 1.82) is 0 Å². The monoisotopic (exact) mass is 416 g/mol. The lowest BCUT2D eigenvalue weighted by Crippen LogP contribution is -2.57. The van der Waals surface area contributed by atoms with E-state index in [1.807, 2.05) is 0 Å². The topological polar surface area (TPSA) is 0 Å². The lowest BCUT2D eigenvalue weighted by Gasteiger charge is -2.67. The van der Waals surface area contributed by atoms with Crippen molar-refractivity contribution >= 4 is 0 Å². The van der Waals surface area contributed by atoms with Crippen molar-refractivity contribution < 1.29 is 0 Å². The molecule has 0 spiro atoms. The first-order chi connectivity index (χ1) is 14.8. The standard InChI is InChI=1S/C31H44/c1-29(2,3)27-6-4-26(5-7-27)28(30-14-20-8-21(15-30)10-22(9-20)16-30)31-17-23-11-24(18-31)13-25(12-23)19-31/h4-7,20-25,28H,8-19H2,1-3H3. The minimum atomic E-state index is 0.259. The van der Waals surface area contributed by atoms with Crippen LogP contribution >= 0.6 is 0 Å². The molecule has 0 aliphatic heterocycles. The summed E-state index contributed by atoms with van der Waals surface area (Å²) < 4.78 is 0. The van der Waals surface area contributed by atoms with Gasteiger partial charge in [0.05, 0.1) is 0 Å². The Kier molecular flexibility index (Phi) is 4.07. The molecule has 0 N–H and O–H groups in total. The van der Waals surface area contributed by atoms with Gasteiger partial charge in [0.15, 0.2) is 0 Å². The fourth-order valence-electron chi connectivity index (χ4n) is 11.6. The third-order valence-electron chi connectivity index (χ3n) is 11.5. The van der Waals surface area contributed by atoms with Gasteiger partial charge in [-0.2, -0.15) is 0 Å². The molecule has 31 heavy (non-hydrogen) atoms. The third kappa shape index (κ3) is 2.98. The van der Waals surface area contributed by atoms with Gasteiger partial charge in [-0.15, -0.1) is 0 Å². The third-order valence-corrected chi connectivity index (χ3v) is 11.5. The van der Waals surface area contributed by atoms with Crippen LogP contribution in [0.2, 0.25) is 0 Å². The van der Waals surface area contributed by atoms with Crippen LogP contribution in [0.25, 0.3) is 0 Å². The van der Waals surface area contributed by atoms with Crippen LogP contribution in [-0.2, 0) is 5.41 Å². The maximum Gasteiger partial charge on any atom is -0.00481 e. The fourth-order valence-corrected chi connectivity index (χ4v) is 11.6. The van der Waals surface area contributed by atoms with Crippen molar-refractivity contribution in [2.75, 3.05) is 0 Å². The second-order valence-electron chi connectivity index (χ2n) is 14.9. The number of hydrogen-bond acceptors (Lipinski definition) is 0. The molecule has 0 heterocycles. The van der Waals surface area contributed by atoms with E-state index in [-0.39, 0.29) is 5.41 Å².